The molecule has 2 aliphatic carbocycles. The van der Waals surface area contributed by atoms with Gasteiger partial charge in [0.15, 0.2) is 17.5 Å². The molecule has 2 aliphatic rings. The van der Waals surface area contributed by atoms with Crippen LogP contribution in [0.3, 0.4) is 0 Å². The van der Waals surface area contributed by atoms with Gasteiger partial charge in [0.1, 0.15) is 0 Å². The van der Waals surface area contributed by atoms with Crippen LogP contribution in [0.5, 0.6) is 0 Å². The second-order valence-corrected chi connectivity index (χ2v) is 6.46. The number of aryl methyl sites for hydroxylation is 1. The van der Waals surface area contributed by atoms with Gasteiger partial charge in [-0.3, -0.25) is 9.59 Å². The Bertz CT molecular complexity index is 610. The second-order valence-electron chi connectivity index (χ2n) is 6.46. The molecule has 2 fully saturated rings. The van der Waals surface area contributed by atoms with Crippen molar-refractivity contribution in [3.63, 3.8) is 0 Å². The lowest BCUT2D eigenvalue weighted by Gasteiger charge is -2.21. The maximum Gasteiger partial charge on any atom is 0.222 e. The first-order valence-corrected chi connectivity index (χ1v) is 7.60. The van der Waals surface area contributed by atoms with Gasteiger partial charge < -0.3 is 4.42 Å². The van der Waals surface area contributed by atoms with E-state index in [9.17, 15) is 14.9 Å². The molecule has 0 aliphatic heterocycles. The molecule has 0 unspecified atom stereocenters. The lowest BCUT2D eigenvalue weighted by Crippen LogP contribution is -2.26. The molecular weight excluding hydrogens is 266 g/mol. The van der Waals surface area contributed by atoms with Crippen LogP contribution in [-0.2, 0) is 4.79 Å². The fourth-order valence-electron chi connectivity index (χ4n) is 4.04. The van der Waals surface area contributed by atoms with Crippen LogP contribution in [-0.4, -0.2) is 11.6 Å². The molecule has 0 aromatic carbocycles. The molecule has 110 valence electrons. The van der Waals surface area contributed by atoms with Gasteiger partial charge in [-0.1, -0.05) is 6.42 Å². The van der Waals surface area contributed by atoms with Crippen LogP contribution in [0.25, 0.3) is 0 Å². The second kappa shape index (κ2) is 5.48. The Labute approximate surface area is 124 Å². The highest BCUT2D eigenvalue weighted by Crippen LogP contribution is 2.49. The Morgan fingerprint density at radius 2 is 2.24 bits per heavy atom. The highest BCUT2D eigenvalue weighted by Gasteiger charge is 2.42. The van der Waals surface area contributed by atoms with E-state index < -0.39 is 11.7 Å². The average Bonchev–Trinajstić information content (AvgIpc) is 3.15. The van der Waals surface area contributed by atoms with Crippen LogP contribution in [0.1, 0.15) is 48.2 Å². The third-order valence-corrected chi connectivity index (χ3v) is 5.15. The Morgan fingerprint density at radius 1 is 1.43 bits per heavy atom. The molecule has 1 aromatic rings. The van der Waals surface area contributed by atoms with E-state index in [0.717, 1.165) is 12.3 Å². The van der Waals surface area contributed by atoms with Gasteiger partial charge in [-0.25, -0.2) is 0 Å². The number of Topliss-reactive ketones (excluding diaryl/α,β-unsaturated/α-hetero) is 2. The molecule has 0 N–H and O–H groups in total. The number of nitriles is 1. The lowest BCUT2D eigenvalue weighted by molar-refractivity contribution is -0.121. The smallest absolute Gasteiger partial charge is 0.222 e. The number of hydrogen-bond donors (Lipinski definition) is 0. The summed E-state index contributed by atoms with van der Waals surface area (Å²) in [5, 5.41) is 9.23. The summed E-state index contributed by atoms with van der Waals surface area (Å²) >= 11 is 0. The molecule has 21 heavy (non-hydrogen) atoms. The first kappa shape index (κ1) is 14.1. The number of furan rings is 1. The molecule has 4 nitrogen and oxygen atoms in total. The molecule has 1 heterocycles. The normalized spacial score (nSPS) is 28.3. The van der Waals surface area contributed by atoms with Gasteiger partial charge in [0.25, 0.3) is 0 Å². The Morgan fingerprint density at radius 3 is 2.76 bits per heavy atom. The molecule has 2 bridgehead atoms. The van der Waals surface area contributed by atoms with Crippen molar-refractivity contribution in [1.82, 2.24) is 0 Å². The summed E-state index contributed by atoms with van der Waals surface area (Å²) in [6.45, 7) is 1.74. The Balaban J connectivity index is 1.69. The van der Waals surface area contributed by atoms with E-state index in [2.05, 4.69) is 0 Å². The van der Waals surface area contributed by atoms with Gasteiger partial charge in [0.2, 0.25) is 5.78 Å². The van der Waals surface area contributed by atoms with E-state index in [0.29, 0.717) is 23.8 Å². The minimum atomic E-state index is -1.21. The van der Waals surface area contributed by atoms with E-state index in [4.69, 9.17) is 4.42 Å². The summed E-state index contributed by atoms with van der Waals surface area (Å²) in [7, 11) is 0. The molecule has 2 saturated carbocycles. The third-order valence-electron chi connectivity index (χ3n) is 5.15. The first-order valence-electron chi connectivity index (χ1n) is 7.60. The predicted octanol–water partition coefficient (Wildman–Crippen LogP) is 3.31. The van der Waals surface area contributed by atoms with E-state index >= 15 is 0 Å². The SMILES string of the molecule is Cc1ccoc1C(=O)[C@H](C#N)C(=O)C[C@H]1C[C@H]2CC[C@H]1C2. The summed E-state index contributed by atoms with van der Waals surface area (Å²) in [6.07, 6.45) is 6.57. The highest BCUT2D eigenvalue weighted by atomic mass is 16.3. The Kier molecular flexibility index (Phi) is 3.67. The lowest BCUT2D eigenvalue weighted by atomic mass is 9.82. The molecule has 0 saturated heterocycles. The van der Waals surface area contributed by atoms with Crippen molar-refractivity contribution in [3.8, 4) is 6.07 Å². The monoisotopic (exact) mass is 285 g/mol. The number of fused-ring (bicyclic) bond motifs is 2. The van der Waals surface area contributed by atoms with Gasteiger partial charge in [-0.2, -0.15) is 5.26 Å². The zero-order valence-electron chi connectivity index (χ0n) is 12.2. The highest BCUT2D eigenvalue weighted by molar-refractivity contribution is 6.12. The Hall–Kier alpha value is -1.89. The largest absolute Gasteiger partial charge is 0.461 e. The minimum Gasteiger partial charge on any atom is -0.461 e. The van der Waals surface area contributed by atoms with Crippen molar-refractivity contribution in [2.45, 2.75) is 39.0 Å². The third kappa shape index (κ3) is 2.53. The van der Waals surface area contributed by atoms with Crippen LogP contribution in [0.2, 0.25) is 0 Å². The minimum absolute atomic E-state index is 0.142. The zero-order valence-corrected chi connectivity index (χ0v) is 12.2. The van der Waals surface area contributed by atoms with Gasteiger partial charge in [0, 0.05) is 6.42 Å². The summed E-state index contributed by atoms with van der Waals surface area (Å²) in [5.41, 5.74) is 0.674. The molecular formula is C17H19NO3. The maximum atomic E-state index is 12.4. The molecule has 4 heteroatoms. The molecule has 3 rings (SSSR count). The zero-order chi connectivity index (χ0) is 15.0. The van der Waals surface area contributed by atoms with E-state index in [1.54, 1.807) is 13.0 Å². The topological polar surface area (TPSA) is 71.1 Å². The predicted molar refractivity (Wildman–Crippen MR) is 75.4 cm³/mol. The van der Waals surface area contributed by atoms with Crippen LogP contribution >= 0.6 is 0 Å². The number of ketones is 2. The maximum absolute atomic E-state index is 12.4. The summed E-state index contributed by atoms with van der Waals surface area (Å²) in [6, 6.07) is 3.54. The van der Waals surface area contributed by atoms with Crippen molar-refractivity contribution in [3.05, 3.63) is 23.7 Å². The molecule has 0 radical (unpaired) electrons. The van der Waals surface area contributed by atoms with Crippen molar-refractivity contribution < 1.29 is 14.0 Å². The van der Waals surface area contributed by atoms with Gasteiger partial charge in [-0.05, 0) is 55.6 Å². The molecule has 1 aromatic heterocycles. The number of nitrogens with zero attached hydrogens (tertiary/aromatic N) is 1. The van der Waals surface area contributed by atoms with E-state index in [-0.39, 0.29) is 11.5 Å². The van der Waals surface area contributed by atoms with E-state index in [1.165, 1.54) is 25.5 Å². The summed E-state index contributed by atoms with van der Waals surface area (Å²) < 4.78 is 5.13. The molecule has 0 amide bonds. The molecule has 4 atom stereocenters. The number of rotatable bonds is 5. The first-order chi connectivity index (χ1) is 10.1. The summed E-state index contributed by atoms with van der Waals surface area (Å²) in [5.74, 6) is -0.0477. The number of carbonyl (C=O) groups excluding carboxylic acids is 2. The summed E-state index contributed by atoms with van der Waals surface area (Å²) in [4.78, 5) is 24.7. The fourth-order valence-corrected chi connectivity index (χ4v) is 4.04. The quantitative estimate of drug-likeness (QED) is 0.614. The van der Waals surface area contributed by atoms with Gasteiger partial charge in [-0.15, -0.1) is 0 Å². The van der Waals surface area contributed by atoms with Crippen LogP contribution in [0.15, 0.2) is 16.7 Å². The van der Waals surface area contributed by atoms with Crippen molar-refractivity contribution >= 4 is 11.6 Å². The van der Waals surface area contributed by atoms with Crippen LogP contribution in [0.4, 0.5) is 0 Å². The fraction of sp³-hybridized carbons (Fsp3) is 0.588. The van der Waals surface area contributed by atoms with Crippen molar-refractivity contribution in [1.29, 1.82) is 5.26 Å². The number of hydrogen-bond acceptors (Lipinski definition) is 4. The molecule has 0 spiro atoms. The van der Waals surface area contributed by atoms with E-state index in [1.807, 2.05) is 6.07 Å². The average molecular weight is 285 g/mol. The van der Waals surface area contributed by atoms with Gasteiger partial charge in [0.05, 0.1) is 12.3 Å². The number of carbonyl (C=O) groups is 2. The van der Waals surface area contributed by atoms with Crippen molar-refractivity contribution in [2.75, 3.05) is 0 Å². The van der Waals surface area contributed by atoms with Crippen LogP contribution < -0.4 is 0 Å². The van der Waals surface area contributed by atoms with Crippen LogP contribution in [0, 0.1) is 41.9 Å². The van der Waals surface area contributed by atoms with Gasteiger partial charge >= 0.3 is 0 Å². The van der Waals surface area contributed by atoms with Crippen molar-refractivity contribution in [2.24, 2.45) is 23.7 Å². The standard InChI is InChI=1S/C17H19NO3/c1-10-4-5-21-17(10)16(20)14(9-18)15(19)8-13-7-11-2-3-12(13)6-11/h4-5,11-14H,2-3,6-8H2,1H3/t11-,12-,13+,14+/m0/s1.